The number of benzene rings is 1. The summed E-state index contributed by atoms with van der Waals surface area (Å²) in [6, 6.07) is 12.0. The number of aromatic nitrogens is 2. The van der Waals surface area contributed by atoms with Crippen molar-refractivity contribution in [2.45, 2.75) is 19.3 Å². The minimum absolute atomic E-state index is 0.00380. The Morgan fingerprint density at radius 2 is 1.85 bits per heavy atom. The van der Waals surface area contributed by atoms with Gasteiger partial charge in [0.25, 0.3) is 11.6 Å². The van der Waals surface area contributed by atoms with E-state index in [1.54, 1.807) is 22.8 Å². The summed E-state index contributed by atoms with van der Waals surface area (Å²) >= 11 is 0. The largest absolute Gasteiger partial charge is 0.339 e. The highest BCUT2D eigenvalue weighted by molar-refractivity contribution is 6.01. The van der Waals surface area contributed by atoms with Crippen molar-refractivity contribution in [3.05, 3.63) is 64.3 Å². The molecule has 3 heterocycles. The maximum absolute atomic E-state index is 12.8. The first-order valence-corrected chi connectivity index (χ1v) is 8.66. The van der Waals surface area contributed by atoms with Crippen LogP contribution in [0, 0.1) is 10.1 Å². The van der Waals surface area contributed by atoms with Gasteiger partial charge in [0.15, 0.2) is 0 Å². The first-order chi connectivity index (χ1) is 12.6. The van der Waals surface area contributed by atoms with Crippen LogP contribution in [0.2, 0.25) is 0 Å². The van der Waals surface area contributed by atoms with Gasteiger partial charge in [0, 0.05) is 30.8 Å². The summed E-state index contributed by atoms with van der Waals surface area (Å²) in [6.45, 7) is 1.56. The SMILES string of the molecule is O=C(c1cnn2c(-c3cccc([N+](=O)[O-])c3)cccc12)N1CCCCC1. The Morgan fingerprint density at radius 3 is 2.62 bits per heavy atom. The smallest absolute Gasteiger partial charge is 0.270 e. The molecular weight excluding hydrogens is 332 g/mol. The fraction of sp³-hybridized carbons (Fsp3) is 0.263. The van der Waals surface area contributed by atoms with Crippen LogP contribution < -0.4 is 0 Å². The summed E-state index contributed by atoms with van der Waals surface area (Å²) in [5, 5.41) is 15.4. The van der Waals surface area contributed by atoms with Gasteiger partial charge in [0.2, 0.25) is 0 Å². The molecule has 1 aliphatic rings. The first-order valence-electron chi connectivity index (χ1n) is 8.66. The average Bonchev–Trinajstić information content (AvgIpc) is 3.12. The predicted molar refractivity (Wildman–Crippen MR) is 97.0 cm³/mol. The van der Waals surface area contributed by atoms with Crippen LogP contribution in [-0.2, 0) is 0 Å². The van der Waals surface area contributed by atoms with E-state index in [9.17, 15) is 14.9 Å². The van der Waals surface area contributed by atoms with Crippen LogP contribution in [0.4, 0.5) is 5.69 Å². The third kappa shape index (κ3) is 2.81. The van der Waals surface area contributed by atoms with E-state index in [0.717, 1.165) is 32.4 Å². The Balaban J connectivity index is 1.77. The van der Waals surface area contributed by atoms with Crippen LogP contribution in [0.1, 0.15) is 29.6 Å². The van der Waals surface area contributed by atoms with Gasteiger partial charge in [0.05, 0.1) is 27.9 Å². The van der Waals surface area contributed by atoms with E-state index in [0.29, 0.717) is 22.3 Å². The second kappa shape index (κ2) is 6.59. The molecule has 0 aliphatic carbocycles. The van der Waals surface area contributed by atoms with Gasteiger partial charge in [-0.3, -0.25) is 14.9 Å². The standard InChI is InChI=1S/C19H18N4O3/c24-19(21-10-2-1-3-11-21)16-13-20-22-17(8-5-9-18(16)22)14-6-4-7-15(12-14)23(25)26/h4-9,12-13H,1-3,10-11H2. The Bertz CT molecular complexity index is 989. The highest BCUT2D eigenvalue weighted by Crippen LogP contribution is 2.26. The molecule has 1 saturated heterocycles. The van der Waals surface area contributed by atoms with E-state index in [2.05, 4.69) is 5.10 Å². The van der Waals surface area contributed by atoms with Crippen molar-refractivity contribution in [1.29, 1.82) is 0 Å². The lowest BCUT2D eigenvalue weighted by Crippen LogP contribution is -2.35. The van der Waals surface area contributed by atoms with Crippen molar-refractivity contribution >= 4 is 17.1 Å². The number of carbonyl (C=O) groups excluding carboxylic acids is 1. The molecule has 132 valence electrons. The number of pyridine rings is 1. The Morgan fingerprint density at radius 1 is 1.08 bits per heavy atom. The van der Waals surface area contributed by atoms with Crippen LogP contribution in [0.25, 0.3) is 16.8 Å². The molecule has 26 heavy (non-hydrogen) atoms. The summed E-state index contributed by atoms with van der Waals surface area (Å²) in [7, 11) is 0. The van der Waals surface area contributed by atoms with Crippen LogP contribution in [0.3, 0.4) is 0 Å². The van der Waals surface area contributed by atoms with E-state index in [1.165, 1.54) is 12.1 Å². The summed E-state index contributed by atoms with van der Waals surface area (Å²) < 4.78 is 1.68. The van der Waals surface area contributed by atoms with Gasteiger partial charge in [-0.2, -0.15) is 5.10 Å². The number of nitrogens with zero attached hydrogens (tertiary/aromatic N) is 4. The third-order valence-electron chi connectivity index (χ3n) is 4.77. The number of fused-ring (bicyclic) bond motifs is 1. The Kier molecular flexibility index (Phi) is 4.12. The van der Waals surface area contributed by atoms with Crippen LogP contribution in [-0.4, -0.2) is 38.4 Å². The lowest BCUT2D eigenvalue weighted by atomic mass is 10.1. The van der Waals surface area contributed by atoms with Gasteiger partial charge >= 0.3 is 0 Å². The van der Waals surface area contributed by atoms with Gasteiger partial charge in [-0.05, 0) is 31.4 Å². The molecule has 0 saturated carbocycles. The lowest BCUT2D eigenvalue weighted by molar-refractivity contribution is -0.384. The molecule has 7 heteroatoms. The molecule has 7 nitrogen and oxygen atoms in total. The van der Waals surface area contributed by atoms with Crippen molar-refractivity contribution in [2.75, 3.05) is 13.1 Å². The molecule has 0 radical (unpaired) electrons. The van der Waals surface area contributed by atoms with Gasteiger partial charge < -0.3 is 4.90 Å². The summed E-state index contributed by atoms with van der Waals surface area (Å²) in [4.78, 5) is 25.4. The molecule has 1 aliphatic heterocycles. The van der Waals surface area contributed by atoms with E-state index < -0.39 is 4.92 Å². The minimum atomic E-state index is -0.419. The van der Waals surface area contributed by atoms with Gasteiger partial charge in [-0.25, -0.2) is 4.52 Å². The maximum Gasteiger partial charge on any atom is 0.270 e. The van der Waals surface area contributed by atoms with E-state index in [4.69, 9.17) is 0 Å². The molecule has 0 atom stereocenters. The van der Waals surface area contributed by atoms with E-state index >= 15 is 0 Å². The molecule has 0 bridgehead atoms. The molecular formula is C19H18N4O3. The number of rotatable bonds is 3. The number of non-ortho nitro benzene ring substituents is 1. The average molecular weight is 350 g/mol. The number of likely N-dealkylation sites (tertiary alicyclic amines) is 1. The van der Waals surface area contributed by atoms with Crippen molar-refractivity contribution in [2.24, 2.45) is 0 Å². The molecule has 3 aromatic rings. The third-order valence-corrected chi connectivity index (χ3v) is 4.77. The van der Waals surface area contributed by atoms with Crippen molar-refractivity contribution in [3.8, 4) is 11.3 Å². The molecule has 2 aromatic heterocycles. The van der Waals surface area contributed by atoms with Crippen LogP contribution >= 0.6 is 0 Å². The van der Waals surface area contributed by atoms with Gasteiger partial charge in [-0.1, -0.05) is 18.2 Å². The minimum Gasteiger partial charge on any atom is -0.339 e. The normalized spacial score (nSPS) is 14.5. The highest BCUT2D eigenvalue weighted by atomic mass is 16.6. The summed E-state index contributed by atoms with van der Waals surface area (Å²) in [5.74, 6) is -0.00380. The summed E-state index contributed by atoms with van der Waals surface area (Å²) in [5.41, 5.74) is 2.70. The molecule has 1 fully saturated rings. The molecule has 0 spiro atoms. The maximum atomic E-state index is 12.8. The van der Waals surface area contributed by atoms with Crippen molar-refractivity contribution < 1.29 is 9.72 Å². The zero-order chi connectivity index (χ0) is 18.1. The highest BCUT2D eigenvalue weighted by Gasteiger charge is 2.22. The molecule has 0 unspecified atom stereocenters. The number of hydrogen-bond acceptors (Lipinski definition) is 4. The number of hydrogen-bond donors (Lipinski definition) is 0. The Hall–Kier alpha value is -3.22. The number of nitro groups is 1. The molecule has 0 N–H and O–H groups in total. The van der Waals surface area contributed by atoms with Crippen LogP contribution in [0.5, 0.6) is 0 Å². The zero-order valence-corrected chi connectivity index (χ0v) is 14.2. The number of amides is 1. The predicted octanol–water partition coefficient (Wildman–Crippen LogP) is 3.54. The fourth-order valence-corrected chi connectivity index (χ4v) is 3.44. The topological polar surface area (TPSA) is 80.8 Å². The number of piperidine rings is 1. The Labute approximate surface area is 150 Å². The quantitative estimate of drug-likeness (QED) is 0.534. The van der Waals surface area contributed by atoms with Crippen LogP contribution in [0.15, 0.2) is 48.7 Å². The lowest BCUT2D eigenvalue weighted by Gasteiger charge is -2.26. The number of nitro benzene ring substituents is 1. The number of carbonyl (C=O) groups is 1. The van der Waals surface area contributed by atoms with Gasteiger partial charge in [0.1, 0.15) is 0 Å². The van der Waals surface area contributed by atoms with Crippen molar-refractivity contribution in [1.82, 2.24) is 14.5 Å². The van der Waals surface area contributed by atoms with Crippen molar-refractivity contribution in [3.63, 3.8) is 0 Å². The first kappa shape index (κ1) is 16.3. The van der Waals surface area contributed by atoms with E-state index in [-0.39, 0.29) is 11.6 Å². The molecule has 1 amide bonds. The van der Waals surface area contributed by atoms with E-state index in [1.807, 2.05) is 23.1 Å². The zero-order valence-electron chi connectivity index (χ0n) is 14.2. The fourth-order valence-electron chi connectivity index (χ4n) is 3.44. The van der Waals surface area contributed by atoms with Gasteiger partial charge in [-0.15, -0.1) is 0 Å². The second-order valence-corrected chi connectivity index (χ2v) is 6.43. The monoisotopic (exact) mass is 350 g/mol. The molecule has 4 rings (SSSR count). The molecule has 1 aromatic carbocycles. The second-order valence-electron chi connectivity index (χ2n) is 6.43. The summed E-state index contributed by atoms with van der Waals surface area (Å²) in [6.07, 6.45) is 4.82.